The third-order valence-electron chi connectivity index (χ3n) is 3.55. The van der Waals surface area contributed by atoms with E-state index in [0.717, 1.165) is 18.9 Å². The minimum Gasteiger partial charge on any atom is -0.492 e. The summed E-state index contributed by atoms with van der Waals surface area (Å²) in [6, 6.07) is 6.38. The third-order valence-corrected chi connectivity index (χ3v) is 3.55. The molecule has 1 saturated heterocycles. The van der Waals surface area contributed by atoms with Crippen molar-refractivity contribution in [3.8, 4) is 16.9 Å². The summed E-state index contributed by atoms with van der Waals surface area (Å²) in [7, 11) is 2.18. The fourth-order valence-electron chi connectivity index (χ4n) is 2.23. The normalized spacial score (nSPS) is 19.8. The summed E-state index contributed by atoms with van der Waals surface area (Å²) >= 11 is 0. The van der Waals surface area contributed by atoms with Gasteiger partial charge in [-0.25, -0.2) is 0 Å². The molecule has 1 aliphatic heterocycles. The highest BCUT2D eigenvalue weighted by atomic mass is 16.5. The van der Waals surface area contributed by atoms with Crippen molar-refractivity contribution in [1.82, 2.24) is 9.80 Å². The van der Waals surface area contributed by atoms with Crippen LogP contribution in [0.2, 0.25) is 0 Å². The number of rotatable bonds is 4. The van der Waals surface area contributed by atoms with Gasteiger partial charge in [0, 0.05) is 38.3 Å². The quantitative estimate of drug-likeness (QED) is 0.769. The Balaban J connectivity index is 1.38. The van der Waals surface area contributed by atoms with E-state index >= 15 is 0 Å². The summed E-state index contributed by atoms with van der Waals surface area (Å²) in [6.07, 6.45) is 0. The Labute approximate surface area is 96.6 Å². The summed E-state index contributed by atoms with van der Waals surface area (Å²) in [5.41, 5.74) is 2.67. The minimum atomic E-state index is 0.820. The average Bonchev–Trinajstić information content (AvgIpc) is 2.27. The average molecular weight is 218 g/mol. The number of ether oxygens (including phenoxy) is 1. The number of fused-ring (bicyclic) bond motifs is 1. The standard InChI is InChI=1S/C13H18N2O/c1-14-4-6-15(7-5-14)8-9-16-13-10-11-2-3-12(11)13/h2-3,10H,4-9H2,1H3. The van der Waals surface area contributed by atoms with Crippen LogP contribution in [-0.2, 0) is 0 Å². The maximum absolute atomic E-state index is 5.74. The Morgan fingerprint density at radius 2 is 2.00 bits per heavy atom. The van der Waals surface area contributed by atoms with Crippen LogP contribution in [0.15, 0.2) is 18.2 Å². The molecule has 0 unspecified atom stereocenters. The maximum atomic E-state index is 5.74. The summed E-state index contributed by atoms with van der Waals surface area (Å²) in [4.78, 5) is 4.85. The molecule has 0 radical (unpaired) electrons. The van der Waals surface area contributed by atoms with Gasteiger partial charge in [-0.1, -0.05) is 12.1 Å². The second kappa shape index (κ2) is 4.07. The molecule has 16 heavy (non-hydrogen) atoms. The van der Waals surface area contributed by atoms with Gasteiger partial charge in [0.15, 0.2) is 0 Å². The highest BCUT2D eigenvalue weighted by Gasteiger charge is 2.18. The van der Waals surface area contributed by atoms with Crippen LogP contribution in [0.5, 0.6) is 5.75 Å². The number of likely N-dealkylation sites (N-methyl/N-ethyl adjacent to an activating group) is 1. The monoisotopic (exact) mass is 218 g/mol. The lowest BCUT2D eigenvalue weighted by atomic mass is 9.92. The van der Waals surface area contributed by atoms with E-state index in [4.69, 9.17) is 4.74 Å². The molecule has 3 heteroatoms. The number of nitrogens with zero attached hydrogens (tertiary/aromatic N) is 2. The van der Waals surface area contributed by atoms with Gasteiger partial charge in [-0.15, -0.1) is 0 Å². The Bertz CT molecular complexity index is 384. The van der Waals surface area contributed by atoms with Crippen molar-refractivity contribution in [3.05, 3.63) is 18.2 Å². The van der Waals surface area contributed by atoms with Crippen LogP contribution in [0.1, 0.15) is 0 Å². The van der Waals surface area contributed by atoms with Crippen molar-refractivity contribution >= 4 is 0 Å². The van der Waals surface area contributed by atoms with Crippen LogP contribution in [0.25, 0.3) is 11.1 Å². The predicted octanol–water partition coefficient (Wildman–Crippen LogP) is 1.29. The molecule has 3 nitrogen and oxygen atoms in total. The van der Waals surface area contributed by atoms with Gasteiger partial charge in [0.25, 0.3) is 0 Å². The van der Waals surface area contributed by atoms with Crippen molar-refractivity contribution < 1.29 is 4.74 Å². The first-order chi connectivity index (χ1) is 7.83. The topological polar surface area (TPSA) is 15.7 Å². The Hall–Kier alpha value is -1.06. The first-order valence-electron chi connectivity index (χ1n) is 6.01. The van der Waals surface area contributed by atoms with E-state index in [1.807, 2.05) is 0 Å². The number of piperazine rings is 1. The number of hydrogen-bond acceptors (Lipinski definition) is 3. The molecule has 86 valence electrons. The third kappa shape index (κ3) is 1.81. The maximum Gasteiger partial charge on any atom is 0.127 e. The molecule has 1 fully saturated rings. The van der Waals surface area contributed by atoms with E-state index in [-0.39, 0.29) is 0 Å². The van der Waals surface area contributed by atoms with E-state index in [9.17, 15) is 0 Å². The lowest BCUT2D eigenvalue weighted by Crippen LogP contribution is -2.45. The molecule has 0 atom stereocenters. The van der Waals surface area contributed by atoms with Crippen molar-refractivity contribution in [2.75, 3.05) is 46.4 Å². The Morgan fingerprint density at radius 3 is 2.56 bits per heavy atom. The summed E-state index contributed by atoms with van der Waals surface area (Å²) in [5.74, 6) is 1.09. The van der Waals surface area contributed by atoms with Crippen LogP contribution in [0, 0.1) is 0 Å². The molecule has 0 spiro atoms. The van der Waals surface area contributed by atoms with Crippen molar-refractivity contribution in [1.29, 1.82) is 0 Å². The van der Waals surface area contributed by atoms with Gasteiger partial charge in [0.05, 0.1) is 0 Å². The van der Waals surface area contributed by atoms with Gasteiger partial charge in [0.1, 0.15) is 12.4 Å². The van der Waals surface area contributed by atoms with Crippen molar-refractivity contribution in [3.63, 3.8) is 0 Å². The van der Waals surface area contributed by atoms with Crippen LogP contribution in [0.3, 0.4) is 0 Å². The first-order valence-corrected chi connectivity index (χ1v) is 6.01. The molecule has 1 heterocycles. The number of hydrogen-bond donors (Lipinski definition) is 0. The van der Waals surface area contributed by atoms with Gasteiger partial charge >= 0.3 is 0 Å². The van der Waals surface area contributed by atoms with E-state index < -0.39 is 0 Å². The molecule has 0 N–H and O–H groups in total. The van der Waals surface area contributed by atoms with E-state index in [0.29, 0.717) is 0 Å². The molecule has 0 amide bonds. The molecule has 0 aromatic carbocycles. The highest BCUT2D eigenvalue weighted by Crippen LogP contribution is 2.42. The highest BCUT2D eigenvalue weighted by molar-refractivity contribution is 5.84. The van der Waals surface area contributed by atoms with Gasteiger partial charge in [0.2, 0.25) is 0 Å². The molecule has 0 aromatic heterocycles. The molecule has 0 bridgehead atoms. The Morgan fingerprint density at radius 1 is 1.19 bits per heavy atom. The molecule has 0 saturated carbocycles. The summed E-state index contributed by atoms with van der Waals surface area (Å²) < 4.78 is 5.74. The van der Waals surface area contributed by atoms with Crippen LogP contribution in [-0.4, -0.2) is 56.2 Å². The SMILES string of the molecule is CN1CCN(CCOc2cc3ccc2-3)CC1. The predicted molar refractivity (Wildman–Crippen MR) is 64.9 cm³/mol. The molecular weight excluding hydrogens is 200 g/mol. The van der Waals surface area contributed by atoms with Gasteiger partial charge in [-0.2, -0.15) is 0 Å². The van der Waals surface area contributed by atoms with E-state index in [1.54, 1.807) is 0 Å². The lowest BCUT2D eigenvalue weighted by Gasteiger charge is -2.32. The first kappa shape index (κ1) is 10.1. The second-order valence-electron chi connectivity index (χ2n) is 4.70. The van der Waals surface area contributed by atoms with Crippen molar-refractivity contribution in [2.45, 2.75) is 0 Å². The van der Waals surface area contributed by atoms with Gasteiger partial charge in [-0.05, 0) is 18.7 Å². The van der Waals surface area contributed by atoms with Crippen LogP contribution in [0.4, 0.5) is 0 Å². The second-order valence-corrected chi connectivity index (χ2v) is 4.70. The van der Waals surface area contributed by atoms with E-state index in [1.165, 1.54) is 37.3 Å². The molecule has 2 aliphatic carbocycles. The zero-order chi connectivity index (χ0) is 11.0. The lowest BCUT2D eigenvalue weighted by molar-refractivity contribution is 0.133. The fourth-order valence-corrected chi connectivity index (χ4v) is 2.23. The van der Waals surface area contributed by atoms with Crippen LogP contribution >= 0.6 is 0 Å². The van der Waals surface area contributed by atoms with Crippen LogP contribution < -0.4 is 4.74 Å². The Kier molecular flexibility index (Phi) is 2.58. The fraction of sp³-hybridized carbons (Fsp3) is 0.538. The largest absolute Gasteiger partial charge is 0.492 e. The zero-order valence-electron chi connectivity index (χ0n) is 9.78. The molecule has 3 aliphatic rings. The molecular formula is C13H18N2O. The minimum absolute atomic E-state index is 0.820. The van der Waals surface area contributed by atoms with Gasteiger partial charge in [-0.3, -0.25) is 4.90 Å². The molecule has 3 rings (SSSR count). The van der Waals surface area contributed by atoms with E-state index in [2.05, 4.69) is 35.0 Å². The van der Waals surface area contributed by atoms with Gasteiger partial charge < -0.3 is 9.64 Å². The zero-order valence-corrected chi connectivity index (χ0v) is 9.78. The smallest absolute Gasteiger partial charge is 0.127 e. The molecule has 0 aromatic rings. The van der Waals surface area contributed by atoms with Crippen molar-refractivity contribution in [2.24, 2.45) is 0 Å². The summed E-state index contributed by atoms with van der Waals surface area (Å²) in [5, 5.41) is 0. The summed E-state index contributed by atoms with van der Waals surface area (Å²) in [6.45, 7) is 6.58. The number of benzene rings is 1.